The Bertz CT molecular complexity index is 317. The first-order valence-electron chi connectivity index (χ1n) is 3.45. The van der Waals surface area contributed by atoms with Crippen molar-refractivity contribution in [3.63, 3.8) is 0 Å². The van der Waals surface area contributed by atoms with Crippen molar-refractivity contribution >= 4 is 35.8 Å². The van der Waals surface area contributed by atoms with Gasteiger partial charge in [-0.3, -0.25) is 0 Å². The van der Waals surface area contributed by atoms with Crippen molar-refractivity contribution in [1.82, 2.24) is 0 Å². The molecule has 0 saturated carbocycles. The van der Waals surface area contributed by atoms with Gasteiger partial charge in [-0.25, -0.2) is 0 Å². The van der Waals surface area contributed by atoms with E-state index in [0.717, 1.165) is 0 Å². The topological polar surface area (TPSA) is 49.7 Å². The largest absolute Gasteiger partial charge is 0.495 e. The minimum atomic E-state index is -1.63. The van der Waals surface area contributed by atoms with E-state index in [2.05, 4.69) is 0 Å². The van der Waals surface area contributed by atoms with Gasteiger partial charge in [0.05, 0.1) is 12.1 Å². The Hall–Kier alpha value is -0.415. The fraction of sp³-hybridized carbons (Fsp3) is 0.143. The molecule has 0 aliphatic carbocycles. The fourth-order valence-corrected chi connectivity index (χ4v) is 1.40. The zero-order valence-corrected chi connectivity index (χ0v) is 8.30. The van der Waals surface area contributed by atoms with Crippen LogP contribution < -0.4 is 10.2 Å². The summed E-state index contributed by atoms with van der Waals surface area (Å²) in [7, 11) is -0.178. The third-order valence-electron chi connectivity index (χ3n) is 1.55. The fourth-order valence-electron chi connectivity index (χ4n) is 0.898. The lowest BCUT2D eigenvalue weighted by Crippen LogP contribution is -2.30. The first-order chi connectivity index (χ1) is 6.06. The molecule has 0 unspecified atom stereocenters. The number of hydrogen-bond donors (Lipinski definition) is 2. The second-order valence-corrected chi connectivity index (χ2v) is 3.20. The van der Waals surface area contributed by atoms with Gasteiger partial charge in [0.15, 0.2) is 0 Å². The number of benzene rings is 1. The van der Waals surface area contributed by atoms with Crippen LogP contribution in [0.3, 0.4) is 0 Å². The molecule has 0 heterocycles. The van der Waals surface area contributed by atoms with Gasteiger partial charge in [-0.15, -0.1) is 0 Å². The quantitative estimate of drug-likeness (QED) is 0.721. The molecule has 2 N–H and O–H groups in total. The molecule has 0 radical (unpaired) electrons. The smallest absolute Gasteiger partial charge is 0.490 e. The number of rotatable bonds is 2. The van der Waals surface area contributed by atoms with Crippen LogP contribution in [0.2, 0.25) is 10.0 Å². The SMILES string of the molecule is COc1cc(Cl)c(B(O)O)cc1Cl. The summed E-state index contributed by atoms with van der Waals surface area (Å²) in [6, 6.07) is 2.78. The Kier molecular flexibility index (Phi) is 3.44. The lowest BCUT2D eigenvalue weighted by molar-refractivity contribution is 0.414. The average Bonchev–Trinajstić information content (AvgIpc) is 2.07. The highest BCUT2D eigenvalue weighted by molar-refractivity contribution is 6.63. The lowest BCUT2D eigenvalue weighted by atomic mass is 9.80. The molecule has 0 amide bonds. The van der Waals surface area contributed by atoms with Gasteiger partial charge in [0.1, 0.15) is 5.75 Å². The highest BCUT2D eigenvalue weighted by atomic mass is 35.5. The Labute approximate surface area is 86.0 Å². The van der Waals surface area contributed by atoms with E-state index in [-0.39, 0.29) is 15.5 Å². The molecule has 13 heavy (non-hydrogen) atoms. The molecule has 1 aromatic rings. The molecular formula is C7H7BCl2O3. The second kappa shape index (κ2) is 4.20. The van der Waals surface area contributed by atoms with Crippen LogP contribution in [0.4, 0.5) is 0 Å². The summed E-state index contributed by atoms with van der Waals surface area (Å²) in [5.74, 6) is 0.399. The zero-order valence-electron chi connectivity index (χ0n) is 6.79. The average molecular weight is 221 g/mol. The van der Waals surface area contributed by atoms with E-state index in [4.69, 9.17) is 38.0 Å². The number of ether oxygens (including phenoxy) is 1. The van der Waals surface area contributed by atoms with Crippen LogP contribution in [0.5, 0.6) is 5.75 Å². The molecule has 0 bridgehead atoms. The predicted octanol–water partition coefficient (Wildman–Crippen LogP) is 0.682. The standard InChI is InChI=1S/C7H7BCl2O3/c1-13-7-3-5(9)4(8(11)12)2-6(7)10/h2-3,11-12H,1H3. The van der Waals surface area contributed by atoms with E-state index in [0.29, 0.717) is 5.75 Å². The number of methoxy groups -OCH3 is 1. The summed E-state index contributed by atoms with van der Waals surface area (Å²) in [4.78, 5) is 0. The number of halogens is 2. The summed E-state index contributed by atoms with van der Waals surface area (Å²) < 4.78 is 4.88. The van der Waals surface area contributed by atoms with Crippen molar-refractivity contribution in [2.45, 2.75) is 0 Å². The van der Waals surface area contributed by atoms with E-state index >= 15 is 0 Å². The van der Waals surface area contributed by atoms with Crippen LogP contribution in [0.25, 0.3) is 0 Å². The van der Waals surface area contributed by atoms with E-state index in [1.54, 1.807) is 0 Å². The van der Waals surface area contributed by atoms with Gasteiger partial charge < -0.3 is 14.8 Å². The minimum Gasteiger partial charge on any atom is -0.495 e. The van der Waals surface area contributed by atoms with Gasteiger partial charge in [0, 0.05) is 10.5 Å². The van der Waals surface area contributed by atoms with Crippen LogP contribution in [-0.4, -0.2) is 24.3 Å². The van der Waals surface area contributed by atoms with Crippen LogP contribution in [0, 0.1) is 0 Å². The van der Waals surface area contributed by atoms with Crippen LogP contribution in [0.1, 0.15) is 0 Å². The molecule has 3 nitrogen and oxygen atoms in total. The van der Waals surface area contributed by atoms with Gasteiger partial charge in [-0.05, 0) is 12.1 Å². The van der Waals surface area contributed by atoms with Crippen LogP contribution in [-0.2, 0) is 0 Å². The molecule has 0 aliphatic rings. The zero-order chi connectivity index (χ0) is 10.0. The van der Waals surface area contributed by atoms with Gasteiger partial charge in [0.25, 0.3) is 0 Å². The molecule has 70 valence electrons. The Balaban J connectivity index is 3.20. The third kappa shape index (κ3) is 2.28. The second-order valence-electron chi connectivity index (χ2n) is 2.38. The molecule has 0 aromatic heterocycles. The summed E-state index contributed by atoms with van der Waals surface area (Å²) >= 11 is 11.5. The van der Waals surface area contributed by atoms with Crippen molar-refractivity contribution in [2.24, 2.45) is 0 Å². The summed E-state index contributed by atoms with van der Waals surface area (Å²) in [5.41, 5.74) is 0.160. The molecule has 1 aromatic carbocycles. The molecule has 6 heteroatoms. The van der Waals surface area contributed by atoms with E-state index in [9.17, 15) is 0 Å². The van der Waals surface area contributed by atoms with Crippen molar-refractivity contribution in [1.29, 1.82) is 0 Å². The molecular weight excluding hydrogens is 214 g/mol. The maximum atomic E-state index is 8.86. The highest BCUT2D eigenvalue weighted by Gasteiger charge is 2.17. The van der Waals surface area contributed by atoms with Gasteiger partial charge in [0.2, 0.25) is 0 Å². The highest BCUT2D eigenvalue weighted by Crippen LogP contribution is 2.26. The first-order valence-corrected chi connectivity index (χ1v) is 4.21. The first kappa shape index (κ1) is 10.7. The Morgan fingerprint density at radius 3 is 2.31 bits per heavy atom. The Morgan fingerprint density at radius 2 is 1.85 bits per heavy atom. The van der Waals surface area contributed by atoms with Crippen molar-refractivity contribution in [2.75, 3.05) is 7.11 Å². The minimum absolute atomic E-state index is 0.160. The van der Waals surface area contributed by atoms with Crippen LogP contribution in [0.15, 0.2) is 12.1 Å². The Morgan fingerprint density at radius 1 is 1.23 bits per heavy atom. The normalized spacial score (nSPS) is 9.92. The number of hydrogen-bond acceptors (Lipinski definition) is 3. The molecule has 0 aliphatic heterocycles. The van der Waals surface area contributed by atoms with Crippen molar-refractivity contribution in [3.05, 3.63) is 22.2 Å². The van der Waals surface area contributed by atoms with Crippen molar-refractivity contribution < 1.29 is 14.8 Å². The van der Waals surface area contributed by atoms with Gasteiger partial charge in [-0.1, -0.05) is 23.2 Å². The van der Waals surface area contributed by atoms with E-state index < -0.39 is 7.12 Å². The van der Waals surface area contributed by atoms with Gasteiger partial charge >= 0.3 is 7.12 Å². The monoisotopic (exact) mass is 220 g/mol. The summed E-state index contributed by atoms with van der Waals surface area (Å²) in [6.07, 6.45) is 0. The van der Waals surface area contributed by atoms with E-state index in [1.807, 2.05) is 0 Å². The summed E-state index contributed by atoms with van der Waals surface area (Å²) in [5, 5.41) is 18.2. The van der Waals surface area contributed by atoms with Gasteiger partial charge in [-0.2, -0.15) is 0 Å². The third-order valence-corrected chi connectivity index (χ3v) is 2.17. The molecule has 0 saturated heterocycles. The predicted molar refractivity (Wildman–Crippen MR) is 52.8 cm³/mol. The molecule has 0 spiro atoms. The van der Waals surface area contributed by atoms with E-state index in [1.165, 1.54) is 19.2 Å². The lowest BCUT2D eigenvalue weighted by Gasteiger charge is -2.07. The molecule has 1 rings (SSSR count). The molecule has 0 atom stereocenters. The molecule has 0 fully saturated rings. The maximum Gasteiger partial charge on any atom is 0.490 e. The van der Waals surface area contributed by atoms with Crippen LogP contribution >= 0.6 is 23.2 Å². The summed E-state index contributed by atoms with van der Waals surface area (Å²) in [6.45, 7) is 0. The van der Waals surface area contributed by atoms with Crippen molar-refractivity contribution in [3.8, 4) is 5.75 Å². The maximum absolute atomic E-state index is 8.86.